The normalized spacial score (nSPS) is 27.0. The van der Waals surface area contributed by atoms with E-state index in [0.29, 0.717) is 6.10 Å². The predicted octanol–water partition coefficient (Wildman–Crippen LogP) is 0.316. The standard InChI is InChI=1S/C6H13NO2/c1-8-7-5-6-3-2-4-9-6/h6-7H,2-5H2,1H3. The number of ether oxygens (including phenoxy) is 1. The van der Waals surface area contributed by atoms with Crippen molar-refractivity contribution in [3.8, 4) is 0 Å². The SMILES string of the molecule is CONCC1CCCO1. The molecule has 0 aromatic carbocycles. The van der Waals surface area contributed by atoms with Crippen LogP contribution in [0.4, 0.5) is 0 Å². The first-order valence-electron chi connectivity index (χ1n) is 3.31. The minimum atomic E-state index is 0.380. The molecule has 3 nitrogen and oxygen atoms in total. The Morgan fingerprint density at radius 1 is 1.78 bits per heavy atom. The van der Waals surface area contributed by atoms with Gasteiger partial charge in [0, 0.05) is 13.2 Å². The van der Waals surface area contributed by atoms with Crippen molar-refractivity contribution >= 4 is 0 Å². The smallest absolute Gasteiger partial charge is 0.0723 e. The molecule has 3 heteroatoms. The monoisotopic (exact) mass is 131 g/mol. The van der Waals surface area contributed by atoms with Crippen molar-refractivity contribution in [3.05, 3.63) is 0 Å². The summed E-state index contributed by atoms with van der Waals surface area (Å²) in [5.41, 5.74) is 2.77. The van der Waals surface area contributed by atoms with Gasteiger partial charge in [0.2, 0.25) is 0 Å². The number of hydrogen-bond acceptors (Lipinski definition) is 3. The third kappa shape index (κ3) is 2.30. The van der Waals surface area contributed by atoms with E-state index in [-0.39, 0.29) is 0 Å². The molecule has 9 heavy (non-hydrogen) atoms. The highest BCUT2D eigenvalue weighted by atomic mass is 16.6. The predicted molar refractivity (Wildman–Crippen MR) is 34.0 cm³/mol. The summed E-state index contributed by atoms with van der Waals surface area (Å²) >= 11 is 0. The molecular formula is C6H13NO2. The van der Waals surface area contributed by atoms with Crippen LogP contribution in [-0.2, 0) is 9.57 Å². The second-order valence-electron chi connectivity index (χ2n) is 2.19. The van der Waals surface area contributed by atoms with Crippen LogP contribution in [0.15, 0.2) is 0 Å². The van der Waals surface area contributed by atoms with Crippen LogP contribution in [0.2, 0.25) is 0 Å². The van der Waals surface area contributed by atoms with Crippen LogP contribution < -0.4 is 5.48 Å². The number of nitrogens with one attached hydrogen (secondary N) is 1. The molecule has 1 atom stereocenters. The molecule has 0 aromatic rings. The molecule has 1 N–H and O–H groups in total. The van der Waals surface area contributed by atoms with Crippen molar-refractivity contribution in [2.75, 3.05) is 20.3 Å². The molecule has 0 aliphatic carbocycles. The van der Waals surface area contributed by atoms with Crippen molar-refractivity contribution in [1.29, 1.82) is 0 Å². The zero-order valence-corrected chi connectivity index (χ0v) is 5.72. The van der Waals surface area contributed by atoms with E-state index >= 15 is 0 Å². The summed E-state index contributed by atoms with van der Waals surface area (Å²) in [6.07, 6.45) is 2.73. The Labute approximate surface area is 55.3 Å². The lowest BCUT2D eigenvalue weighted by Gasteiger charge is -2.07. The van der Waals surface area contributed by atoms with Gasteiger partial charge in [-0.2, -0.15) is 0 Å². The fourth-order valence-electron chi connectivity index (χ4n) is 0.982. The highest BCUT2D eigenvalue weighted by molar-refractivity contribution is 4.64. The topological polar surface area (TPSA) is 30.5 Å². The van der Waals surface area contributed by atoms with E-state index in [9.17, 15) is 0 Å². The molecular weight excluding hydrogens is 118 g/mol. The Bertz CT molecular complexity index is 71.5. The summed E-state index contributed by atoms with van der Waals surface area (Å²) in [6, 6.07) is 0. The highest BCUT2D eigenvalue weighted by Crippen LogP contribution is 2.10. The van der Waals surface area contributed by atoms with Crippen molar-refractivity contribution in [1.82, 2.24) is 5.48 Å². The van der Waals surface area contributed by atoms with Gasteiger partial charge in [-0.3, -0.25) is 0 Å². The van der Waals surface area contributed by atoms with E-state index in [1.807, 2.05) is 0 Å². The van der Waals surface area contributed by atoms with E-state index in [0.717, 1.165) is 19.6 Å². The Morgan fingerprint density at radius 2 is 2.67 bits per heavy atom. The van der Waals surface area contributed by atoms with Gasteiger partial charge in [-0.05, 0) is 12.8 Å². The Kier molecular flexibility index (Phi) is 2.97. The zero-order chi connectivity index (χ0) is 6.53. The van der Waals surface area contributed by atoms with Gasteiger partial charge in [0.25, 0.3) is 0 Å². The Hall–Kier alpha value is -0.120. The average Bonchev–Trinajstić information content (AvgIpc) is 2.34. The summed E-state index contributed by atoms with van der Waals surface area (Å²) in [5.74, 6) is 0. The fraction of sp³-hybridized carbons (Fsp3) is 1.00. The van der Waals surface area contributed by atoms with E-state index in [2.05, 4.69) is 10.3 Å². The molecule has 0 saturated carbocycles. The summed E-state index contributed by atoms with van der Waals surface area (Å²) < 4.78 is 5.31. The average molecular weight is 131 g/mol. The molecule has 0 radical (unpaired) electrons. The van der Waals surface area contributed by atoms with Crippen LogP contribution >= 0.6 is 0 Å². The van der Waals surface area contributed by atoms with Gasteiger partial charge in [0.05, 0.1) is 13.2 Å². The van der Waals surface area contributed by atoms with Gasteiger partial charge in [-0.25, -0.2) is 5.48 Å². The van der Waals surface area contributed by atoms with Gasteiger partial charge < -0.3 is 9.57 Å². The minimum absolute atomic E-state index is 0.380. The fourth-order valence-corrected chi connectivity index (χ4v) is 0.982. The zero-order valence-electron chi connectivity index (χ0n) is 5.72. The van der Waals surface area contributed by atoms with E-state index in [1.54, 1.807) is 7.11 Å². The highest BCUT2D eigenvalue weighted by Gasteiger charge is 2.13. The summed E-state index contributed by atoms with van der Waals surface area (Å²) in [6.45, 7) is 1.73. The number of hydroxylamine groups is 1. The van der Waals surface area contributed by atoms with Gasteiger partial charge in [-0.1, -0.05) is 0 Å². The molecule has 1 saturated heterocycles. The third-order valence-electron chi connectivity index (χ3n) is 1.48. The molecule has 1 aliphatic rings. The van der Waals surface area contributed by atoms with Crippen molar-refractivity contribution in [2.45, 2.75) is 18.9 Å². The molecule has 0 spiro atoms. The van der Waals surface area contributed by atoms with Gasteiger partial charge >= 0.3 is 0 Å². The third-order valence-corrected chi connectivity index (χ3v) is 1.48. The van der Waals surface area contributed by atoms with Crippen LogP contribution in [0, 0.1) is 0 Å². The summed E-state index contributed by atoms with van der Waals surface area (Å²) in [5, 5.41) is 0. The van der Waals surface area contributed by atoms with Crippen molar-refractivity contribution in [3.63, 3.8) is 0 Å². The maximum atomic E-state index is 5.31. The lowest BCUT2D eigenvalue weighted by atomic mass is 10.2. The summed E-state index contributed by atoms with van der Waals surface area (Å²) in [4.78, 5) is 4.67. The lowest BCUT2D eigenvalue weighted by Crippen LogP contribution is -2.24. The number of hydrogen-bond donors (Lipinski definition) is 1. The van der Waals surface area contributed by atoms with Crippen molar-refractivity contribution in [2.24, 2.45) is 0 Å². The first-order chi connectivity index (χ1) is 4.43. The van der Waals surface area contributed by atoms with Gasteiger partial charge in [0.15, 0.2) is 0 Å². The molecule has 1 unspecified atom stereocenters. The first-order valence-corrected chi connectivity index (χ1v) is 3.31. The lowest BCUT2D eigenvalue weighted by molar-refractivity contribution is 0.0357. The van der Waals surface area contributed by atoms with Gasteiger partial charge in [-0.15, -0.1) is 0 Å². The number of rotatable bonds is 3. The Balaban J connectivity index is 1.98. The molecule has 1 rings (SSSR count). The van der Waals surface area contributed by atoms with Crippen LogP contribution in [0.3, 0.4) is 0 Å². The largest absolute Gasteiger partial charge is 0.377 e. The van der Waals surface area contributed by atoms with Crippen LogP contribution in [0.25, 0.3) is 0 Å². The van der Waals surface area contributed by atoms with Crippen LogP contribution in [-0.4, -0.2) is 26.4 Å². The Morgan fingerprint density at radius 3 is 3.22 bits per heavy atom. The molecule has 1 fully saturated rings. The molecule has 1 heterocycles. The molecule has 54 valence electrons. The molecule has 1 aliphatic heterocycles. The molecule has 0 aromatic heterocycles. The van der Waals surface area contributed by atoms with Crippen LogP contribution in [0.5, 0.6) is 0 Å². The van der Waals surface area contributed by atoms with Gasteiger partial charge in [0.1, 0.15) is 0 Å². The van der Waals surface area contributed by atoms with E-state index < -0.39 is 0 Å². The minimum Gasteiger partial charge on any atom is -0.377 e. The second-order valence-corrected chi connectivity index (χ2v) is 2.19. The molecule has 0 bridgehead atoms. The molecule has 0 amide bonds. The first kappa shape index (κ1) is 6.99. The van der Waals surface area contributed by atoms with E-state index in [4.69, 9.17) is 4.74 Å². The van der Waals surface area contributed by atoms with E-state index in [1.165, 1.54) is 6.42 Å². The maximum Gasteiger partial charge on any atom is 0.0723 e. The quantitative estimate of drug-likeness (QED) is 0.559. The maximum absolute atomic E-state index is 5.31. The summed E-state index contributed by atoms with van der Waals surface area (Å²) in [7, 11) is 1.62. The van der Waals surface area contributed by atoms with Crippen molar-refractivity contribution < 1.29 is 9.57 Å². The van der Waals surface area contributed by atoms with Crippen LogP contribution in [0.1, 0.15) is 12.8 Å². The second kappa shape index (κ2) is 3.82.